The fraction of sp³-hybridized carbons (Fsp3) is 0.722. The number of aliphatic carboxylic acids is 1. The molecule has 0 aliphatic rings. The van der Waals surface area contributed by atoms with Crippen LogP contribution in [0.1, 0.15) is 59.8 Å². The molecule has 4 atom stereocenters. The summed E-state index contributed by atoms with van der Waals surface area (Å²) in [5.41, 5.74) is 0.388. The maximum Gasteiger partial charge on any atom is 0.481 e. The predicted octanol–water partition coefficient (Wildman–Crippen LogP) is 3.30. The molecule has 0 aromatic heterocycles. The van der Waals surface area contributed by atoms with Crippen molar-refractivity contribution in [3.05, 3.63) is 23.3 Å². The molecule has 0 aliphatic heterocycles. The highest BCUT2D eigenvalue weighted by molar-refractivity contribution is 7.61. The van der Waals surface area contributed by atoms with Crippen molar-refractivity contribution in [2.75, 3.05) is 13.2 Å². The highest BCUT2D eigenvalue weighted by atomic mass is 31.3. The average molecular weight is 488 g/mol. The molecule has 13 heteroatoms. The Labute approximate surface area is 182 Å². The monoisotopic (exact) mass is 488 g/mol. The van der Waals surface area contributed by atoms with Crippen molar-refractivity contribution in [1.82, 2.24) is 0 Å². The van der Waals surface area contributed by atoms with Gasteiger partial charge in [-0.2, -0.15) is 4.31 Å². The van der Waals surface area contributed by atoms with Crippen molar-refractivity contribution in [3.63, 3.8) is 0 Å². The number of hydrogen-bond donors (Lipinski definition) is 5. The third-order valence-corrected chi connectivity index (χ3v) is 6.52. The van der Waals surface area contributed by atoms with Gasteiger partial charge in [0.05, 0.1) is 31.3 Å². The smallest absolute Gasteiger partial charge is 0.481 e. The molecule has 0 saturated heterocycles. The third-order valence-electron chi connectivity index (χ3n) is 3.88. The molecule has 0 radical (unpaired) electrons. The molecule has 0 spiro atoms. The van der Waals surface area contributed by atoms with Crippen LogP contribution in [0, 0.1) is 0 Å². The van der Waals surface area contributed by atoms with E-state index in [0.717, 1.165) is 12.0 Å². The topological polar surface area (TPSA) is 180 Å². The Hall–Kier alpha value is -0.870. The van der Waals surface area contributed by atoms with Crippen LogP contribution in [-0.2, 0) is 27.3 Å². The van der Waals surface area contributed by atoms with Gasteiger partial charge in [0.1, 0.15) is 0 Å². The first-order valence-corrected chi connectivity index (χ1v) is 12.6. The molecule has 0 bridgehead atoms. The standard InChI is InChI=1S/C18H34O11P2/c1-14(2)6-5-7-15(3)8-10-27-30(23,24)29-31(25,26)28-11-9-16(19)12-18(4,22)13-17(20)21/h6,8,16,19,22H,5,7,9-13H2,1-4H3,(H,20,21)(H,23,24)(H,25,26)/b15-8+. The summed E-state index contributed by atoms with van der Waals surface area (Å²) in [5, 5.41) is 28.3. The van der Waals surface area contributed by atoms with E-state index in [1.54, 1.807) is 6.08 Å². The van der Waals surface area contributed by atoms with Gasteiger partial charge in [-0.15, -0.1) is 0 Å². The van der Waals surface area contributed by atoms with Crippen LogP contribution >= 0.6 is 15.6 Å². The van der Waals surface area contributed by atoms with Crippen LogP contribution in [0.4, 0.5) is 0 Å². The Morgan fingerprint density at radius 2 is 1.68 bits per heavy atom. The fourth-order valence-corrected chi connectivity index (χ4v) is 4.47. The van der Waals surface area contributed by atoms with Crippen LogP contribution in [0.25, 0.3) is 0 Å². The van der Waals surface area contributed by atoms with E-state index < -0.39 is 46.3 Å². The molecule has 0 aliphatic carbocycles. The lowest BCUT2D eigenvalue weighted by molar-refractivity contribution is -0.142. The summed E-state index contributed by atoms with van der Waals surface area (Å²) in [6, 6.07) is 0. The van der Waals surface area contributed by atoms with E-state index in [-0.39, 0.29) is 19.4 Å². The lowest BCUT2D eigenvalue weighted by Gasteiger charge is -2.24. The first kappa shape index (κ1) is 30.1. The maximum absolute atomic E-state index is 11.8. The van der Waals surface area contributed by atoms with Crippen LogP contribution in [0.15, 0.2) is 23.3 Å². The minimum atomic E-state index is -4.97. The quantitative estimate of drug-likeness (QED) is 0.159. The Morgan fingerprint density at radius 3 is 2.23 bits per heavy atom. The number of carboxylic acids is 1. The molecule has 31 heavy (non-hydrogen) atoms. The van der Waals surface area contributed by atoms with Crippen molar-refractivity contribution in [2.24, 2.45) is 0 Å². The summed E-state index contributed by atoms with van der Waals surface area (Å²) in [6.07, 6.45) is 2.69. The molecule has 0 rings (SSSR count). The van der Waals surface area contributed by atoms with Gasteiger partial charge in [0, 0.05) is 6.42 Å². The second-order valence-electron chi connectivity index (χ2n) is 7.73. The number of rotatable bonds is 16. The largest absolute Gasteiger partial charge is 0.481 e. The van der Waals surface area contributed by atoms with E-state index in [9.17, 15) is 33.9 Å². The van der Waals surface area contributed by atoms with E-state index in [4.69, 9.17) is 5.11 Å². The lowest BCUT2D eigenvalue weighted by Crippen LogP contribution is -2.33. The molecule has 5 N–H and O–H groups in total. The number of phosphoric acid groups is 2. The van der Waals surface area contributed by atoms with Gasteiger partial charge in [-0.3, -0.25) is 13.8 Å². The number of carboxylic acid groups (broad SMARTS) is 1. The molecule has 182 valence electrons. The number of aliphatic hydroxyl groups excluding tert-OH is 1. The van der Waals surface area contributed by atoms with Crippen LogP contribution in [0.2, 0.25) is 0 Å². The van der Waals surface area contributed by atoms with E-state index >= 15 is 0 Å². The van der Waals surface area contributed by atoms with Crippen molar-refractivity contribution >= 4 is 21.6 Å². The zero-order valence-electron chi connectivity index (χ0n) is 18.3. The molecule has 11 nitrogen and oxygen atoms in total. The number of allylic oxidation sites excluding steroid dienone is 3. The molecule has 0 fully saturated rings. The number of hydrogen-bond acceptors (Lipinski definition) is 8. The molecule has 0 aromatic rings. The first-order chi connectivity index (χ1) is 14.0. The zero-order chi connectivity index (χ0) is 24.3. The normalized spacial score (nSPS) is 19.0. The van der Waals surface area contributed by atoms with E-state index in [1.807, 2.05) is 26.8 Å². The molecule has 0 heterocycles. The molecular formula is C18H34O11P2. The Bertz CT molecular complexity index is 726. The van der Waals surface area contributed by atoms with Gasteiger partial charge in [-0.05, 0) is 47.0 Å². The van der Waals surface area contributed by atoms with Gasteiger partial charge in [-0.1, -0.05) is 23.3 Å². The minimum Gasteiger partial charge on any atom is -0.481 e. The molecule has 0 amide bonds. The summed E-state index contributed by atoms with van der Waals surface area (Å²) in [5.74, 6) is -1.25. The zero-order valence-corrected chi connectivity index (χ0v) is 20.1. The van der Waals surface area contributed by atoms with Crippen molar-refractivity contribution in [3.8, 4) is 0 Å². The highest BCUT2D eigenvalue weighted by Crippen LogP contribution is 2.60. The average Bonchev–Trinajstić information content (AvgIpc) is 2.50. The van der Waals surface area contributed by atoms with Gasteiger partial charge >= 0.3 is 21.6 Å². The predicted molar refractivity (Wildman–Crippen MR) is 113 cm³/mol. The number of carbonyl (C=O) groups is 1. The van der Waals surface area contributed by atoms with E-state index in [2.05, 4.69) is 13.4 Å². The Balaban J connectivity index is 4.44. The van der Waals surface area contributed by atoms with Crippen LogP contribution in [0.5, 0.6) is 0 Å². The minimum absolute atomic E-state index is 0.256. The van der Waals surface area contributed by atoms with Gasteiger partial charge in [0.25, 0.3) is 0 Å². The van der Waals surface area contributed by atoms with Gasteiger partial charge < -0.3 is 25.1 Å². The Morgan fingerprint density at radius 1 is 1.10 bits per heavy atom. The van der Waals surface area contributed by atoms with E-state index in [1.165, 1.54) is 12.5 Å². The maximum atomic E-state index is 11.8. The lowest BCUT2D eigenvalue weighted by atomic mass is 9.94. The molecular weight excluding hydrogens is 454 g/mol. The SMILES string of the molecule is CC(C)=CCC/C(C)=C/COP(=O)(O)OP(=O)(O)OCCC(O)CC(C)(O)CC(=O)O. The molecule has 0 saturated carbocycles. The summed E-state index contributed by atoms with van der Waals surface area (Å²) >= 11 is 0. The summed E-state index contributed by atoms with van der Waals surface area (Å²) in [6.45, 7) is 6.11. The summed E-state index contributed by atoms with van der Waals surface area (Å²) in [4.78, 5) is 29.8. The fourth-order valence-electron chi connectivity index (χ4n) is 2.45. The summed E-state index contributed by atoms with van der Waals surface area (Å²) < 4.78 is 37.0. The Kier molecular flexibility index (Phi) is 13.2. The van der Waals surface area contributed by atoms with Gasteiger partial charge in [0.2, 0.25) is 0 Å². The van der Waals surface area contributed by atoms with Gasteiger partial charge in [0.15, 0.2) is 0 Å². The van der Waals surface area contributed by atoms with Crippen molar-refractivity contribution in [1.29, 1.82) is 0 Å². The molecule has 0 aromatic carbocycles. The number of aliphatic hydroxyl groups is 2. The van der Waals surface area contributed by atoms with Crippen molar-refractivity contribution in [2.45, 2.75) is 71.5 Å². The first-order valence-electron chi connectivity index (χ1n) is 9.61. The van der Waals surface area contributed by atoms with Crippen LogP contribution in [-0.4, -0.2) is 56.0 Å². The third kappa shape index (κ3) is 17.4. The molecule has 4 unspecified atom stereocenters. The van der Waals surface area contributed by atoms with E-state index in [0.29, 0.717) is 6.42 Å². The van der Waals surface area contributed by atoms with Gasteiger partial charge in [-0.25, -0.2) is 9.13 Å². The highest BCUT2D eigenvalue weighted by Gasteiger charge is 2.35. The second-order valence-corrected chi connectivity index (χ2v) is 10.8. The summed E-state index contributed by atoms with van der Waals surface area (Å²) in [7, 11) is -9.86. The van der Waals surface area contributed by atoms with Crippen LogP contribution in [0.3, 0.4) is 0 Å². The van der Waals surface area contributed by atoms with Crippen molar-refractivity contribution < 1.29 is 52.4 Å². The second kappa shape index (κ2) is 13.6. The number of phosphoric ester groups is 2. The van der Waals surface area contributed by atoms with Crippen LogP contribution < -0.4 is 0 Å².